The van der Waals surface area contributed by atoms with E-state index in [4.69, 9.17) is 0 Å². The smallest absolute Gasteiger partial charge is 0.251 e. The number of carbonyl (C=O) groups excluding carboxylic acids is 2. The summed E-state index contributed by atoms with van der Waals surface area (Å²) in [6.07, 6.45) is 2.50. The highest BCUT2D eigenvalue weighted by molar-refractivity contribution is 5.96. The van der Waals surface area contributed by atoms with E-state index in [1.165, 1.54) is 18.4 Å². The van der Waals surface area contributed by atoms with Crippen molar-refractivity contribution in [3.05, 3.63) is 65.7 Å². The molecule has 142 valence electrons. The van der Waals surface area contributed by atoms with Crippen molar-refractivity contribution in [2.24, 2.45) is 5.92 Å². The molecule has 1 atom stereocenters. The van der Waals surface area contributed by atoms with Gasteiger partial charge in [-0.15, -0.1) is 0 Å². The fraction of sp³-hybridized carbons (Fsp3) is 0.364. The van der Waals surface area contributed by atoms with E-state index in [2.05, 4.69) is 34.6 Å². The second kappa shape index (κ2) is 8.82. The van der Waals surface area contributed by atoms with Gasteiger partial charge >= 0.3 is 0 Å². The molecule has 5 heteroatoms. The largest absolute Gasteiger partial charge is 0.355 e. The Morgan fingerprint density at radius 3 is 2.33 bits per heavy atom. The van der Waals surface area contributed by atoms with Crippen molar-refractivity contribution < 1.29 is 9.59 Å². The Labute approximate surface area is 160 Å². The van der Waals surface area contributed by atoms with Gasteiger partial charge in [0.2, 0.25) is 5.91 Å². The Bertz CT molecular complexity index is 770. The first kappa shape index (κ1) is 19.1. The topological polar surface area (TPSA) is 61.4 Å². The molecule has 1 saturated carbocycles. The van der Waals surface area contributed by atoms with Gasteiger partial charge in [-0.05, 0) is 55.5 Å². The number of benzene rings is 2. The average molecular weight is 365 g/mol. The van der Waals surface area contributed by atoms with Gasteiger partial charge in [-0.1, -0.05) is 30.3 Å². The van der Waals surface area contributed by atoms with Crippen LogP contribution in [-0.2, 0) is 4.79 Å². The van der Waals surface area contributed by atoms with Gasteiger partial charge in [-0.3, -0.25) is 14.5 Å². The van der Waals surface area contributed by atoms with Gasteiger partial charge in [0.25, 0.3) is 5.91 Å². The molecule has 3 rings (SSSR count). The Balaban J connectivity index is 1.63. The first-order valence-corrected chi connectivity index (χ1v) is 9.48. The van der Waals surface area contributed by atoms with Crippen LogP contribution in [-0.4, -0.2) is 36.9 Å². The summed E-state index contributed by atoms with van der Waals surface area (Å²) in [6, 6.07) is 17.4. The van der Waals surface area contributed by atoms with Gasteiger partial charge in [0, 0.05) is 30.9 Å². The van der Waals surface area contributed by atoms with Gasteiger partial charge in [0.1, 0.15) is 0 Å². The summed E-state index contributed by atoms with van der Waals surface area (Å²) in [7, 11) is 1.60. The molecule has 0 radical (unpaired) electrons. The van der Waals surface area contributed by atoms with Crippen LogP contribution in [0.2, 0.25) is 0 Å². The lowest BCUT2D eigenvalue weighted by atomic mass is 10.1. The van der Waals surface area contributed by atoms with Gasteiger partial charge in [0.05, 0.1) is 6.54 Å². The van der Waals surface area contributed by atoms with Crippen molar-refractivity contribution in [3.63, 3.8) is 0 Å². The van der Waals surface area contributed by atoms with Crippen molar-refractivity contribution in [3.8, 4) is 0 Å². The Morgan fingerprint density at radius 2 is 1.74 bits per heavy atom. The van der Waals surface area contributed by atoms with Gasteiger partial charge in [0.15, 0.2) is 0 Å². The highest BCUT2D eigenvalue weighted by Crippen LogP contribution is 2.32. The second-order valence-electron chi connectivity index (χ2n) is 7.16. The molecule has 0 heterocycles. The van der Waals surface area contributed by atoms with Crippen molar-refractivity contribution in [2.75, 3.05) is 25.5 Å². The second-order valence-corrected chi connectivity index (χ2v) is 7.16. The van der Waals surface area contributed by atoms with Gasteiger partial charge in [-0.2, -0.15) is 0 Å². The third-order valence-electron chi connectivity index (χ3n) is 5.02. The van der Waals surface area contributed by atoms with Crippen LogP contribution in [0.3, 0.4) is 0 Å². The van der Waals surface area contributed by atoms with Gasteiger partial charge < -0.3 is 10.6 Å². The van der Waals surface area contributed by atoms with E-state index in [1.807, 2.05) is 18.2 Å². The summed E-state index contributed by atoms with van der Waals surface area (Å²) in [4.78, 5) is 26.5. The van der Waals surface area contributed by atoms with E-state index in [-0.39, 0.29) is 17.9 Å². The van der Waals surface area contributed by atoms with Crippen LogP contribution in [0.25, 0.3) is 0 Å². The summed E-state index contributed by atoms with van der Waals surface area (Å²) in [5.41, 5.74) is 2.50. The maximum Gasteiger partial charge on any atom is 0.251 e. The molecule has 2 N–H and O–H groups in total. The number of anilines is 1. The monoisotopic (exact) mass is 365 g/mol. The number of nitrogens with one attached hydrogen (secondary N) is 2. The van der Waals surface area contributed by atoms with E-state index in [1.54, 1.807) is 31.3 Å². The van der Waals surface area contributed by atoms with Crippen molar-refractivity contribution in [1.29, 1.82) is 0 Å². The zero-order chi connectivity index (χ0) is 19.2. The third-order valence-corrected chi connectivity index (χ3v) is 5.02. The lowest BCUT2D eigenvalue weighted by Gasteiger charge is -2.29. The molecular formula is C22H27N3O2. The maximum atomic E-state index is 12.6. The number of nitrogens with zero attached hydrogens (tertiary/aromatic N) is 1. The summed E-state index contributed by atoms with van der Waals surface area (Å²) in [5, 5.41) is 5.53. The predicted molar refractivity (Wildman–Crippen MR) is 108 cm³/mol. The normalized spacial score (nSPS) is 14.6. The molecule has 5 nitrogen and oxygen atoms in total. The van der Waals surface area contributed by atoms with E-state index in [9.17, 15) is 9.59 Å². The number of carbonyl (C=O) groups is 2. The fourth-order valence-corrected chi connectivity index (χ4v) is 3.17. The minimum Gasteiger partial charge on any atom is -0.355 e. The summed E-state index contributed by atoms with van der Waals surface area (Å²) >= 11 is 0. The lowest BCUT2D eigenvalue weighted by Crippen LogP contribution is -2.36. The van der Waals surface area contributed by atoms with Crippen molar-refractivity contribution >= 4 is 17.5 Å². The molecule has 0 saturated heterocycles. The van der Waals surface area contributed by atoms with E-state index in [0.717, 1.165) is 6.54 Å². The molecule has 1 fully saturated rings. The van der Waals surface area contributed by atoms with E-state index in [0.29, 0.717) is 23.7 Å². The third kappa shape index (κ3) is 5.41. The van der Waals surface area contributed by atoms with Crippen LogP contribution < -0.4 is 10.6 Å². The highest BCUT2D eigenvalue weighted by atomic mass is 16.2. The molecule has 0 aliphatic heterocycles. The molecule has 0 bridgehead atoms. The molecule has 1 aliphatic carbocycles. The number of rotatable bonds is 8. The molecule has 0 spiro atoms. The highest BCUT2D eigenvalue weighted by Gasteiger charge is 2.28. The van der Waals surface area contributed by atoms with Crippen molar-refractivity contribution in [2.45, 2.75) is 25.8 Å². The number of hydrogen-bond donors (Lipinski definition) is 2. The molecule has 0 aromatic heterocycles. The maximum absolute atomic E-state index is 12.6. The molecule has 2 aromatic rings. The Kier molecular flexibility index (Phi) is 6.24. The van der Waals surface area contributed by atoms with Gasteiger partial charge in [-0.25, -0.2) is 0 Å². The molecule has 2 aromatic carbocycles. The first-order valence-electron chi connectivity index (χ1n) is 9.48. The zero-order valence-electron chi connectivity index (χ0n) is 15.9. The van der Waals surface area contributed by atoms with Crippen LogP contribution in [0.4, 0.5) is 5.69 Å². The molecule has 1 aliphatic rings. The molecule has 1 unspecified atom stereocenters. The van der Waals surface area contributed by atoms with Crippen LogP contribution in [0.5, 0.6) is 0 Å². The van der Waals surface area contributed by atoms with Crippen LogP contribution in [0.1, 0.15) is 41.7 Å². The standard InChI is InChI=1S/C22H27N3O2/c1-16(18-6-4-3-5-7-18)25(14-17-8-9-17)15-21(26)24-20-12-10-19(11-13-20)22(27)23-2/h3-7,10-13,16-17H,8-9,14-15H2,1-2H3,(H,23,27)(H,24,26). The van der Waals surface area contributed by atoms with E-state index >= 15 is 0 Å². The average Bonchev–Trinajstić information content (AvgIpc) is 3.51. The van der Waals surface area contributed by atoms with Crippen molar-refractivity contribution in [1.82, 2.24) is 10.2 Å². The van der Waals surface area contributed by atoms with E-state index < -0.39 is 0 Å². The summed E-state index contributed by atoms with van der Waals surface area (Å²) < 4.78 is 0. The molecule has 27 heavy (non-hydrogen) atoms. The predicted octanol–water partition coefficient (Wildman–Crippen LogP) is 3.46. The molecular weight excluding hydrogens is 338 g/mol. The fourth-order valence-electron chi connectivity index (χ4n) is 3.17. The zero-order valence-corrected chi connectivity index (χ0v) is 15.9. The van der Waals surface area contributed by atoms with Crippen LogP contribution in [0.15, 0.2) is 54.6 Å². The SMILES string of the molecule is CNC(=O)c1ccc(NC(=O)CN(CC2CC2)C(C)c2ccccc2)cc1. The van der Waals surface area contributed by atoms with Crippen LogP contribution >= 0.6 is 0 Å². The Morgan fingerprint density at radius 1 is 1.07 bits per heavy atom. The quantitative estimate of drug-likeness (QED) is 0.753. The first-order chi connectivity index (χ1) is 13.1. The summed E-state index contributed by atoms with van der Waals surface area (Å²) in [6.45, 7) is 3.45. The lowest BCUT2D eigenvalue weighted by molar-refractivity contribution is -0.117. The summed E-state index contributed by atoms with van der Waals surface area (Å²) in [5.74, 6) is 0.530. The molecule has 2 amide bonds. The van der Waals surface area contributed by atoms with Crippen LogP contribution in [0, 0.1) is 5.92 Å². The number of amides is 2. The number of hydrogen-bond acceptors (Lipinski definition) is 3. The Hall–Kier alpha value is -2.66. The minimum atomic E-state index is -0.139. The minimum absolute atomic E-state index is 0.0360.